The number of carbonyl (C=O) groups excluding carboxylic acids is 1. The van der Waals surface area contributed by atoms with Crippen LogP contribution in [-0.4, -0.2) is 29.2 Å². The van der Waals surface area contributed by atoms with E-state index in [4.69, 9.17) is 10.5 Å². The number of nitrogens with two attached hydrogens (primary N) is 1. The number of nitrogens with zero attached hydrogens (tertiary/aromatic N) is 2. The number of anilines is 1. The van der Waals surface area contributed by atoms with Gasteiger partial charge in [-0.3, -0.25) is 0 Å². The quantitative estimate of drug-likeness (QED) is 0.839. The SMILES string of the molecule is COC(=O)c1ncn(CCOc2cccc(C)c2)c1N. The average Bonchev–Trinajstić information content (AvgIpc) is 2.80. The molecule has 1 aromatic heterocycles. The van der Waals surface area contributed by atoms with E-state index in [1.165, 1.54) is 13.4 Å². The highest BCUT2D eigenvalue weighted by Gasteiger charge is 2.15. The molecule has 2 N–H and O–H groups in total. The fourth-order valence-electron chi connectivity index (χ4n) is 1.79. The normalized spacial score (nSPS) is 10.3. The van der Waals surface area contributed by atoms with Crippen molar-refractivity contribution in [3.05, 3.63) is 41.9 Å². The molecule has 0 spiro atoms. The summed E-state index contributed by atoms with van der Waals surface area (Å²) in [4.78, 5) is 15.3. The lowest BCUT2D eigenvalue weighted by molar-refractivity contribution is 0.0596. The molecule has 0 amide bonds. The molecule has 0 atom stereocenters. The number of rotatable bonds is 5. The van der Waals surface area contributed by atoms with E-state index in [1.54, 1.807) is 4.57 Å². The van der Waals surface area contributed by atoms with E-state index in [9.17, 15) is 4.79 Å². The van der Waals surface area contributed by atoms with Gasteiger partial charge in [-0.05, 0) is 24.6 Å². The van der Waals surface area contributed by atoms with Crippen LogP contribution in [0.15, 0.2) is 30.6 Å². The van der Waals surface area contributed by atoms with Crippen molar-refractivity contribution in [3.8, 4) is 5.75 Å². The van der Waals surface area contributed by atoms with Gasteiger partial charge in [0.2, 0.25) is 0 Å². The van der Waals surface area contributed by atoms with E-state index in [0.29, 0.717) is 13.2 Å². The van der Waals surface area contributed by atoms with Gasteiger partial charge in [0.05, 0.1) is 20.0 Å². The maximum Gasteiger partial charge on any atom is 0.360 e. The minimum atomic E-state index is -0.541. The molecular formula is C14H17N3O3. The van der Waals surface area contributed by atoms with E-state index in [0.717, 1.165) is 11.3 Å². The molecule has 2 rings (SSSR count). The first-order chi connectivity index (χ1) is 9.61. The van der Waals surface area contributed by atoms with Gasteiger partial charge in [-0.1, -0.05) is 12.1 Å². The van der Waals surface area contributed by atoms with Gasteiger partial charge in [-0.2, -0.15) is 0 Å². The van der Waals surface area contributed by atoms with E-state index in [-0.39, 0.29) is 11.5 Å². The Labute approximate surface area is 117 Å². The summed E-state index contributed by atoms with van der Waals surface area (Å²) in [6.45, 7) is 2.94. The summed E-state index contributed by atoms with van der Waals surface area (Å²) in [5.41, 5.74) is 7.09. The number of imidazole rings is 1. The van der Waals surface area contributed by atoms with Gasteiger partial charge >= 0.3 is 5.97 Å². The Morgan fingerprint density at radius 1 is 1.45 bits per heavy atom. The molecule has 0 saturated heterocycles. The van der Waals surface area contributed by atoms with Crippen molar-refractivity contribution in [2.75, 3.05) is 19.5 Å². The molecule has 2 aromatic rings. The molecule has 0 radical (unpaired) electrons. The summed E-state index contributed by atoms with van der Waals surface area (Å²) in [5, 5.41) is 0. The minimum Gasteiger partial charge on any atom is -0.492 e. The van der Waals surface area contributed by atoms with Crippen LogP contribution in [0, 0.1) is 6.92 Å². The number of ether oxygens (including phenoxy) is 2. The van der Waals surface area contributed by atoms with E-state index in [2.05, 4.69) is 9.72 Å². The summed E-state index contributed by atoms with van der Waals surface area (Å²) >= 11 is 0. The highest BCUT2D eigenvalue weighted by atomic mass is 16.5. The maximum atomic E-state index is 11.4. The predicted molar refractivity (Wildman–Crippen MR) is 74.7 cm³/mol. The number of aryl methyl sites for hydroxylation is 1. The van der Waals surface area contributed by atoms with E-state index >= 15 is 0 Å². The van der Waals surface area contributed by atoms with Crippen LogP contribution < -0.4 is 10.5 Å². The van der Waals surface area contributed by atoms with Crippen molar-refractivity contribution in [1.82, 2.24) is 9.55 Å². The monoisotopic (exact) mass is 275 g/mol. The number of carbonyl (C=O) groups is 1. The number of esters is 1. The number of aromatic nitrogens is 2. The molecule has 0 fully saturated rings. The fraction of sp³-hybridized carbons (Fsp3) is 0.286. The van der Waals surface area contributed by atoms with Crippen molar-refractivity contribution >= 4 is 11.8 Å². The second-order valence-corrected chi connectivity index (χ2v) is 4.33. The molecule has 0 bridgehead atoms. The fourth-order valence-corrected chi connectivity index (χ4v) is 1.79. The van der Waals surface area contributed by atoms with Gasteiger partial charge in [0, 0.05) is 0 Å². The van der Waals surface area contributed by atoms with E-state index < -0.39 is 5.97 Å². The third kappa shape index (κ3) is 3.09. The molecule has 1 aromatic carbocycles. The standard InChI is InChI=1S/C14H17N3O3/c1-10-4-3-5-11(8-10)20-7-6-17-9-16-12(13(17)15)14(18)19-2/h3-5,8-9H,6-7,15H2,1-2H3. The summed E-state index contributed by atoms with van der Waals surface area (Å²) in [7, 11) is 1.29. The first kappa shape index (κ1) is 13.9. The van der Waals surface area contributed by atoms with Crippen LogP contribution in [-0.2, 0) is 11.3 Å². The molecule has 6 heteroatoms. The van der Waals surface area contributed by atoms with Crippen LogP contribution in [0.2, 0.25) is 0 Å². The molecule has 1 heterocycles. The Hall–Kier alpha value is -2.50. The Balaban J connectivity index is 1.95. The van der Waals surface area contributed by atoms with Gasteiger partial charge in [0.15, 0.2) is 5.69 Å². The lowest BCUT2D eigenvalue weighted by Gasteiger charge is -2.08. The second-order valence-electron chi connectivity index (χ2n) is 4.33. The van der Waals surface area contributed by atoms with Gasteiger partial charge in [-0.15, -0.1) is 0 Å². The van der Waals surface area contributed by atoms with Gasteiger partial charge < -0.3 is 19.8 Å². The summed E-state index contributed by atoms with van der Waals surface area (Å²) in [6, 6.07) is 7.79. The average molecular weight is 275 g/mol. The lowest BCUT2D eigenvalue weighted by atomic mass is 10.2. The summed E-state index contributed by atoms with van der Waals surface area (Å²) in [5.74, 6) is 0.544. The Morgan fingerprint density at radius 2 is 2.25 bits per heavy atom. The predicted octanol–water partition coefficient (Wildman–Crippen LogP) is 1.64. The van der Waals surface area contributed by atoms with Crippen LogP contribution in [0.25, 0.3) is 0 Å². The highest BCUT2D eigenvalue weighted by Crippen LogP contribution is 2.14. The van der Waals surface area contributed by atoms with Crippen molar-refractivity contribution in [3.63, 3.8) is 0 Å². The topological polar surface area (TPSA) is 79.4 Å². The number of methoxy groups -OCH3 is 1. The molecule has 6 nitrogen and oxygen atoms in total. The minimum absolute atomic E-state index is 0.128. The molecule has 0 saturated carbocycles. The Kier molecular flexibility index (Phi) is 4.24. The van der Waals surface area contributed by atoms with Crippen molar-refractivity contribution in [1.29, 1.82) is 0 Å². The van der Waals surface area contributed by atoms with Crippen LogP contribution in [0.5, 0.6) is 5.75 Å². The zero-order valence-corrected chi connectivity index (χ0v) is 11.5. The summed E-state index contributed by atoms with van der Waals surface area (Å²) < 4.78 is 11.9. The van der Waals surface area contributed by atoms with Gasteiger partial charge in [0.25, 0.3) is 0 Å². The van der Waals surface area contributed by atoms with Crippen LogP contribution in [0.4, 0.5) is 5.82 Å². The van der Waals surface area contributed by atoms with Crippen LogP contribution in [0.3, 0.4) is 0 Å². The zero-order valence-electron chi connectivity index (χ0n) is 11.5. The number of hydrogen-bond donors (Lipinski definition) is 1. The third-order valence-corrected chi connectivity index (χ3v) is 2.85. The molecule has 0 aliphatic rings. The molecule has 0 unspecified atom stereocenters. The van der Waals surface area contributed by atoms with E-state index in [1.807, 2.05) is 31.2 Å². The van der Waals surface area contributed by atoms with Crippen LogP contribution in [0.1, 0.15) is 16.1 Å². The Bertz CT molecular complexity index is 607. The number of nitrogen functional groups attached to an aromatic ring is 1. The van der Waals surface area contributed by atoms with Gasteiger partial charge in [-0.25, -0.2) is 9.78 Å². The number of benzene rings is 1. The lowest BCUT2D eigenvalue weighted by Crippen LogP contribution is -2.12. The van der Waals surface area contributed by atoms with Crippen molar-refractivity contribution < 1.29 is 14.3 Å². The summed E-state index contributed by atoms with van der Waals surface area (Å²) in [6.07, 6.45) is 1.50. The molecular weight excluding hydrogens is 258 g/mol. The molecule has 106 valence electrons. The largest absolute Gasteiger partial charge is 0.492 e. The van der Waals surface area contributed by atoms with Crippen LogP contribution >= 0.6 is 0 Å². The molecule has 20 heavy (non-hydrogen) atoms. The van der Waals surface area contributed by atoms with Crippen molar-refractivity contribution in [2.24, 2.45) is 0 Å². The highest BCUT2D eigenvalue weighted by molar-refractivity contribution is 5.91. The molecule has 0 aliphatic heterocycles. The maximum absolute atomic E-state index is 11.4. The smallest absolute Gasteiger partial charge is 0.360 e. The second kappa shape index (κ2) is 6.10. The first-order valence-corrected chi connectivity index (χ1v) is 6.20. The Morgan fingerprint density at radius 3 is 2.95 bits per heavy atom. The molecule has 0 aliphatic carbocycles. The van der Waals surface area contributed by atoms with Gasteiger partial charge in [0.1, 0.15) is 18.2 Å². The first-order valence-electron chi connectivity index (χ1n) is 6.20. The van der Waals surface area contributed by atoms with Crippen molar-refractivity contribution in [2.45, 2.75) is 13.5 Å². The number of hydrogen-bond acceptors (Lipinski definition) is 5. The third-order valence-electron chi connectivity index (χ3n) is 2.85. The zero-order chi connectivity index (χ0) is 14.5.